The number of ether oxygens (including phenoxy) is 1. The Kier molecular flexibility index (Phi) is 5.44. The van der Waals surface area contributed by atoms with Gasteiger partial charge in [0.25, 0.3) is 5.91 Å². The highest BCUT2D eigenvalue weighted by Crippen LogP contribution is 2.35. The zero-order chi connectivity index (χ0) is 24.6. The zero-order valence-electron chi connectivity index (χ0n) is 19.4. The summed E-state index contributed by atoms with van der Waals surface area (Å²) in [6.45, 7) is 0.936. The molecule has 2 amide bonds. The number of fused-ring (bicyclic) bond motifs is 2. The van der Waals surface area contributed by atoms with Gasteiger partial charge in [-0.1, -0.05) is 36.4 Å². The van der Waals surface area contributed by atoms with E-state index in [1.54, 1.807) is 11.1 Å². The number of benzene rings is 2. The van der Waals surface area contributed by atoms with Crippen molar-refractivity contribution in [2.24, 2.45) is 0 Å². The molecule has 0 spiro atoms. The molecule has 180 valence electrons. The number of H-pyrrole nitrogens is 1. The van der Waals surface area contributed by atoms with Gasteiger partial charge in [-0.05, 0) is 29.7 Å². The largest absolute Gasteiger partial charge is 0.486 e. The lowest BCUT2D eigenvalue weighted by Crippen LogP contribution is -2.26. The third kappa shape index (κ3) is 3.88. The van der Waals surface area contributed by atoms with Crippen molar-refractivity contribution in [1.82, 2.24) is 20.3 Å². The predicted molar refractivity (Wildman–Crippen MR) is 132 cm³/mol. The summed E-state index contributed by atoms with van der Waals surface area (Å²) in [4.78, 5) is 51.3. The summed E-state index contributed by atoms with van der Waals surface area (Å²) in [7, 11) is 0. The predicted octanol–water partition coefficient (Wildman–Crippen LogP) is 2.91. The van der Waals surface area contributed by atoms with E-state index in [1.807, 2.05) is 48.5 Å². The average Bonchev–Trinajstić information content (AvgIpc) is 3.50. The van der Waals surface area contributed by atoms with Crippen LogP contribution in [0.15, 0.2) is 61.1 Å². The molecule has 36 heavy (non-hydrogen) atoms. The fraction of sp³-hybridized carbons (Fsp3) is 0.222. The number of ketones is 1. The van der Waals surface area contributed by atoms with Crippen LogP contribution in [0.25, 0.3) is 11.0 Å². The maximum atomic E-state index is 13.2. The molecule has 2 aromatic carbocycles. The van der Waals surface area contributed by atoms with Gasteiger partial charge in [-0.3, -0.25) is 14.4 Å². The summed E-state index contributed by atoms with van der Waals surface area (Å²) in [5.41, 5.74) is 4.52. The van der Waals surface area contributed by atoms with Gasteiger partial charge in [0.15, 0.2) is 11.5 Å². The van der Waals surface area contributed by atoms with E-state index in [2.05, 4.69) is 20.3 Å². The summed E-state index contributed by atoms with van der Waals surface area (Å²) in [6.07, 6.45) is 4.09. The Bertz CT molecular complexity index is 1500. The highest BCUT2D eigenvalue weighted by atomic mass is 16.5. The lowest BCUT2D eigenvalue weighted by atomic mass is 9.98. The summed E-state index contributed by atoms with van der Waals surface area (Å²) < 4.78 is 5.43. The van der Waals surface area contributed by atoms with E-state index in [4.69, 9.17) is 4.74 Å². The highest BCUT2D eigenvalue weighted by Gasteiger charge is 2.35. The van der Waals surface area contributed by atoms with Gasteiger partial charge in [-0.25, -0.2) is 9.97 Å². The van der Waals surface area contributed by atoms with E-state index in [0.717, 1.165) is 16.7 Å². The molecular weight excluding hydrogens is 458 g/mol. The standard InChI is InChI=1S/C27H23N5O4/c33-19-11-18-10-16(6-7-22(18)36-14-19)12-29-26(34)25-24-23(30-15-31-25)21(13-28-24)32-9-8-20(27(32)35)17-4-2-1-3-5-17/h1-7,10,13,15,20,28H,8-9,11-12,14H2,(H,29,34). The summed E-state index contributed by atoms with van der Waals surface area (Å²) in [5, 5.41) is 2.89. The van der Waals surface area contributed by atoms with Gasteiger partial charge in [0.05, 0.1) is 17.1 Å². The Hall–Kier alpha value is -4.53. The molecule has 1 unspecified atom stereocenters. The second-order valence-electron chi connectivity index (χ2n) is 8.99. The molecular formula is C27H23N5O4. The van der Waals surface area contributed by atoms with Crippen molar-refractivity contribution in [3.8, 4) is 5.75 Å². The first kappa shape index (κ1) is 22.0. The zero-order valence-corrected chi connectivity index (χ0v) is 19.4. The van der Waals surface area contributed by atoms with Crippen LogP contribution in [0.1, 0.15) is 39.5 Å². The first-order valence-electron chi connectivity index (χ1n) is 11.8. The number of hydrogen-bond donors (Lipinski definition) is 2. The molecule has 0 bridgehead atoms. The van der Waals surface area contributed by atoms with Crippen LogP contribution < -0.4 is 15.0 Å². The molecule has 2 aliphatic heterocycles. The third-order valence-electron chi connectivity index (χ3n) is 6.71. The molecule has 1 fully saturated rings. The van der Waals surface area contributed by atoms with Gasteiger partial charge >= 0.3 is 0 Å². The summed E-state index contributed by atoms with van der Waals surface area (Å²) >= 11 is 0. The van der Waals surface area contributed by atoms with E-state index in [0.29, 0.717) is 41.9 Å². The number of aromatic amines is 1. The minimum atomic E-state index is -0.365. The number of amides is 2. The Morgan fingerprint density at radius 1 is 1.14 bits per heavy atom. The average molecular weight is 482 g/mol. The molecule has 2 aliphatic rings. The topological polar surface area (TPSA) is 117 Å². The molecule has 6 rings (SSSR count). The fourth-order valence-corrected chi connectivity index (χ4v) is 4.93. The lowest BCUT2D eigenvalue weighted by Gasteiger charge is -2.17. The van der Waals surface area contributed by atoms with E-state index in [9.17, 15) is 14.4 Å². The van der Waals surface area contributed by atoms with Crippen molar-refractivity contribution >= 4 is 34.3 Å². The van der Waals surface area contributed by atoms with Gasteiger partial charge < -0.3 is 19.9 Å². The number of anilines is 1. The van der Waals surface area contributed by atoms with Crippen molar-refractivity contribution in [2.75, 3.05) is 18.1 Å². The van der Waals surface area contributed by atoms with Gasteiger partial charge in [-0.2, -0.15) is 0 Å². The number of aromatic nitrogens is 3. The lowest BCUT2D eigenvalue weighted by molar-refractivity contribution is -0.121. The van der Waals surface area contributed by atoms with Crippen LogP contribution in [0.5, 0.6) is 5.75 Å². The first-order valence-corrected chi connectivity index (χ1v) is 11.8. The minimum Gasteiger partial charge on any atom is -0.486 e. The van der Waals surface area contributed by atoms with Crippen molar-refractivity contribution in [1.29, 1.82) is 0 Å². The molecule has 1 saturated heterocycles. The molecule has 9 nitrogen and oxygen atoms in total. The van der Waals surface area contributed by atoms with Gasteiger partial charge in [0.1, 0.15) is 24.2 Å². The van der Waals surface area contributed by atoms with E-state index < -0.39 is 0 Å². The first-order chi connectivity index (χ1) is 17.6. The Labute approximate surface area is 206 Å². The molecule has 0 saturated carbocycles. The maximum Gasteiger partial charge on any atom is 0.272 e. The maximum absolute atomic E-state index is 13.2. The summed E-state index contributed by atoms with van der Waals surface area (Å²) in [5.74, 6) is 0.184. The van der Waals surface area contributed by atoms with Crippen molar-refractivity contribution < 1.29 is 19.1 Å². The fourth-order valence-electron chi connectivity index (χ4n) is 4.93. The second kappa shape index (κ2) is 8.92. The van der Waals surface area contributed by atoms with Crippen LogP contribution in [-0.4, -0.2) is 45.7 Å². The smallest absolute Gasteiger partial charge is 0.272 e. The number of hydrogen-bond acceptors (Lipinski definition) is 6. The summed E-state index contributed by atoms with van der Waals surface area (Å²) in [6, 6.07) is 15.3. The Morgan fingerprint density at radius 3 is 2.86 bits per heavy atom. The van der Waals surface area contributed by atoms with Crippen LogP contribution >= 0.6 is 0 Å². The number of nitrogens with one attached hydrogen (secondary N) is 2. The Morgan fingerprint density at radius 2 is 2.00 bits per heavy atom. The molecule has 2 aromatic heterocycles. The van der Waals surface area contributed by atoms with Crippen LogP contribution in [-0.2, 0) is 22.6 Å². The van der Waals surface area contributed by atoms with E-state index in [-0.39, 0.29) is 42.4 Å². The number of rotatable bonds is 5. The number of carbonyl (C=O) groups excluding carboxylic acids is 3. The molecule has 2 N–H and O–H groups in total. The molecule has 0 radical (unpaired) electrons. The molecule has 0 aliphatic carbocycles. The molecule has 1 atom stereocenters. The molecule has 4 heterocycles. The van der Waals surface area contributed by atoms with Crippen LogP contribution in [0.3, 0.4) is 0 Å². The number of carbonyl (C=O) groups is 3. The minimum absolute atomic E-state index is 0.0154. The van der Waals surface area contributed by atoms with Gasteiger partial charge in [0.2, 0.25) is 5.91 Å². The van der Waals surface area contributed by atoms with Crippen LogP contribution in [0.4, 0.5) is 5.69 Å². The second-order valence-corrected chi connectivity index (χ2v) is 8.99. The quantitative estimate of drug-likeness (QED) is 0.453. The van der Waals surface area contributed by atoms with Crippen LogP contribution in [0.2, 0.25) is 0 Å². The molecule has 9 heteroatoms. The normalized spacial score (nSPS) is 17.2. The third-order valence-corrected chi connectivity index (χ3v) is 6.71. The SMILES string of the molecule is O=C1COc2ccc(CNC(=O)c3ncnc4c(N5CCC(c6ccccc6)C5=O)c[nH]c34)cc2C1. The van der Waals surface area contributed by atoms with E-state index >= 15 is 0 Å². The monoisotopic (exact) mass is 481 g/mol. The van der Waals surface area contributed by atoms with Crippen molar-refractivity contribution in [2.45, 2.75) is 25.3 Å². The molecule has 4 aromatic rings. The van der Waals surface area contributed by atoms with Gasteiger partial charge in [0, 0.05) is 31.3 Å². The van der Waals surface area contributed by atoms with Crippen LogP contribution in [0, 0.1) is 0 Å². The van der Waals surface area contributed by atoms with Crippen molar-refractivity contribution in [3.63, 3.8) is 0 Å². The van der Waals surface area contributed by atoms with Gasteiger partial charge in [-0.15, -0.1) is 0 Å². The highest BCUT2D eigenvalue weighted by molar-refractivity contribution is 6.10. The number of Topliss-reactive ketones (excluding diaryl/α,β-unsaturated/α-hetero) is 1. The Balaban J connectivity index is 1.21. The van der Waals surface area contributed by atoms with E-state index in [1.165, 1.54) is 6.33 Å². The number of nitrogens with zero attached hydrogens (tertiary/aromatic N) is 3. The van der Waals surface area contributed by atoms with Crippen molar-refractivity contribution in [3.05, 3.63) is 83.4 Å².